The third-order valence-electron chi connectivity index (χ3n) is 3.88. The van der Waals surface area contributed by atoms with Crippen LogP contribution in [0.2, 0.25) is 0 Å². The van der Waals surface area contributed by atoms with Crippen molar-refractivity contribution in [2.75, 3.05) is 20.2 Å². The molecule has 0 saturated heterocycles. The van der Waals surface area contributed by atoms with Crippen molar-refractivity contribution in [3.05, 3.63) is 29.3 Å². The molecule has 1 amide bonds. The number of hydrogen-bond donors (Lipinski definition) is 2. The first kappa shape index (κ1) is 22.1. The Morgan fingerprint density at radius 1 is 1.04 bits per heavy atom. The number of rotatable bonds is 11. The number of carbonyl (C=O) groups is 2. The molecule has 1 aromatic rings. The Bertz CT molecular complexity index is 716. The van der Waals surface area contributed by atoms with Crippen molar-refractivity contribution in [2.24, 2.45) is 0 Å². The molecule has 0 bridgehead atoms. The molecule has 0 atom stereocenters. The number of unbranched alkanes of at least 4 members (excludes halogenated alkanes) is 2. The van der Waals surface area contributed by atoms with Gasteiger partial charge >= 0.3 is 5.97 Å². The van der Waals surface area contributed by atoms with Gasteiger partial charge in [-0.15, -0.1) is 0 Å². The number of hydrogen-bond acceptors (Lipinski definition) is 5. The fraction of sp³-hybridized carbons (Fsp3) is 0.556. The Balaban J connectivity index is 2.27. The van der Waals surface area contributed by atoms with Crippen LogP contribution in [-0.2, 0) is 24.3 Å². The molecule has 1 aromatic carbocycles. The second-order valence-electron chi connectivity index (χ2n) is 6.15. The van der Waals surface area contributed by atoms with Gasteiger partial charge < -0.3 is 10.1 Å². The van der Waals surface area contributed by atoms with E-state index in [1.54, 1.807) is 19.1 Å². The van der Waals surface area contributed by atoms with Gasteiger partial charge in [-0.3, -0.25) is 9.59 Å². The van der Waals surface area contributed by atoms with Gasteiger partial charge in [0.15, 0.2) is 0 Å². The van der Waals surface area contributed by atoms with Gasteiger partial charge in [-0.25, -0.2) is 13.1 Å². The summed E-state index contributed by atoms with van der Waals surface area (Å²) in [6.07, 6.45) is 2.75. The van der Waals surface area contributed by atoms with Crippen molar-refractivity contribution >= 4 is 21.9 Å². The molecule has 0 fully saturated rings. The third-order valence-corrected chi connectivity index (χ3v) is 5.49. The highest BCUT2D eigenvalue weighted by Gasteiger charge is 2.16. The topological polar surface area (TPSA) is 102 Å². The molecule has 0 unspecified atom stereocenters. The summed E-state index contributed by atoms with van der Waals surface area (Å²) in [5.41, 5.74) is 1.53. The van der Waals surface area contributed by atoms with Gasteiger partial charge in [-0.2, -0.15) is 0 Å². The van der Waals surface area contributed by atoms with Crippen LogP contribution >= 0.6 is 0 Å². The largest absolute Gasteiger partial charge is 0.469 e. The summed E-state index contributed by atoms with van der Waals surface area (Å²) in [6, 6.07) is 5.23. The van der Waals surface area contributed by atoms with Crippen LogP contribution in [-0.4, -0.2) is 40.5 Å². The quantitative estimate of drug-likeness (QED) is 0.448. The van der Waals surface area contributed by atoms with Crippen LogP contribution in [0.3, 0.4) is 0 Å². The molecule has 0 saturated carbocycles. The second kappa shape index (κ2) is 10.9. The van der Waals surface area contributed by atoms with Crippen LogP contribution in [0.4, 0.5) is 0 Å². The summed E-state index contributed by atoms with van der Waals surface area (Å²) in [7, 11) is -2.27. The summed E-state index contributed by atoms with van der Waals surface area (Å²) in [5, 5.41) is 2.74. The number of aryl methyl sites for hydroxylation is 2. The smallest absolute Gasteiger partial charge is 0.305 e. The normalized spacial score (nSPS) is 11.2. The van der Waals surface area contributed by atoms with Gasteiger partial charge in [0.05, 0.1) is 12.0 Å². The number of nitrogens with one attached hydrogen (secondary N) is 2. The van der Waals surface area contributed by atoms with E-state index in [4.69, 9.17) is 0 Å². The summed E-state index contributed by atoms with van der Waals surface area (Å²) >= 11 is 0. The van der Waals surface area contributed by atoms with Crippen molar-refractivity contribution in [3.63, 3.8) is 0 Å². The summed E-state index contributed by atoms with van der Waals surface area (Å²) < 4.78 is 31.6. The Kier molecular flexibility index (Phi) is 9.29. The molecule has 0 aliphatic heterocycles. The number of esters is 1. The molecule has 0 radical (unpaired) electrons. The van der Waals surface area contributed by atoms with Crippen LogP contribution in [0.25, 0.3) is 0 Å². The van der Waals surface area contributed by atoms with Crippen LogP contribution in [0, 0.1) is 13.8 Å². The fourth-order valence-electron chi connectivity index (χ4n) is 2.36. The van der Waals surface area contributed by atoms with Crippen LogP contribution in [0.5, 0.6) is 0 Å². The van der Waals surface area contributed by atoms with E-state index in [0.717, 1.165) is 24.8 Å². The number of benzene rings is 1. The van der Waals surface area contributed by atoms with Crippen molar-refractivity contribution in [2.45, 2.75) is 50.8 Å². The predicted molar refractivity (Wildman–Crippen MR) is 99.2 cm³/mol. The van der Waals surface area contributed by atoms with Gasteiger partial charge in [0.25, 0.3) is 0 Å². The average Bonchev–Trinajstić information content (AvgIpc) is 2.59. The van der Waals surface area contributed by atoms with E-state index in [1.165, 1.54) is 7.11 Å². The Morgan fingerprint density at radius 2 is 1.77 bits per heavy atom. The zero-order chi connectivity index (χ0) is 19.6. The Morgan fingerprint density at radius 3 is 2.46 bits per heavy atom. The molecule has 0 aliphatic carbocycles. The van der Waals surface area contributed by atoms with Crippen molar-refractivity contribution in [1.29, 1.82) is 0 Å². The van der Waals surface area contributed by atoms with E-state index < -0.39 is 10.0 Å². The third kappa shape index (κ3) is 7.97. The minimum absolute atomic E-state index is 0.0455. The van der Waals surface area contributed by atoms with Crippen molar-refractivity contribution < 1.29 is 22.7 Å². The van der Waals surface area contributed by atoms with Gasteiger partial charge in [-0.1, -0.05) is 18.6 Å². The van der Waals surface area contributed by atoms with Gasteiger partial charge in [0.1, 0.15) is 0 Å². The Hall–Kier alpha value is -1.93. The number of carbonyl (C=O) groups excluding carboxylic acids is 2. The molecular weight excluding hydrogens is 356 g/mol. The number of sulfonamides is 1. The van der Waals surface area contributed by atoms with Crippen LogP contribution < -0.4 is 10.0 Å². The van der Waals surface area contributed by atoms with E-state index in [1.807, 2.05) is 13.0 Å². The lowest BCUT2D eigenvalue weighted by molar-refractivity contribution is -0.140. The Labute approximate surface area is 155 Å². The lowest BCUT2D eigenvalue weighted by Crippen LogP contribution is -2.31. The predicted octanol–water partition coefficient (Wildman–Crippen LogP) is 1.82. The van der Waals surface area contributed by atoms with Crippen molar-refractivity contribution in [1.82, 2.24) is 10.0 Å². The first-order valence-corrected chi connectivity index (χ1v) is 10.1. The summed E-state index contributed by atoms with van der Waals surface area (Å²) in [4.78, 5) is 22.9. The van der Waals surface area contributed by atoms with E-state index in [-0.39, 0.29) is 29.7 Å². The molecule has 1 rings (SSSR count). The van der Waals surface area contributed by atoms with Gasteiger partial charge in [0.2, 0.25) is 15.9 Å². The zero-order valence-electron chi connectivity index (χ0n) is 15.6. The average molecular weight is 384 g/mol. The molecule has 7 nitrogen and oxygen atoms in total. The standard InChI is InChI=1S/C18H28N2O5S/c1-14-8-9-15(2)16(13-14)26(23,24)20-12-10-17(21)19-11-6-4-5-7-18(22)25-3/h8-9,13,20H,4-7,10-12H2,1-3H3,(H,19,21). The number of amides is 1. The molecule has 2 N–H and O–H groups in total. The van der Waals surface area contributed by atoms with E-state index >= 15 is 0 Å². The van der Waals surface area contributed by atoms with Crippen LogP contribution in [0.15, 0.2) is 23.1 Å². The zero-order valence-corrected chi connectivity index (χ0v) is 16.4. The lowest BCUT2D eigenvalue weighted by atomic mass is 10.2. The molecular formula is C18H28N2O5S. The molecule has 0 spiro atoms. The first-order valence-electron chi connectivity index (χ1n) is 8.66. The highest BCUT2D eigenvalue weighted by molar-refractivity contribution is 7.89. The first-order chi connectivity index (χ1) is 12.3. The molecule has 8 heteroatoms. The number of ether oxygens (including phenoxy) is 1. The molecule has 0 heterocycles. The van der Waals surface area contributed by atoms with Crippen LogP contribution in [0.1, 0.15) is 43.2 Å². The molecule has 0 aliphatic rings. The minimum Gasteiger partial charge on any atom is -0.469 e. The van der Waals surface area contributed by atoms with Gasteiger partial charge in [-0.05, 0) is 43.9 Å². The SMILES string of the molecule is COC(=O)CCCCCNC(=O)CCNS(=O)(=O)c1cc(C)ccc1C. The van der Waals surface area contributed by atoms with E-state index in [9.17, 15) is 18.0 Å². The number of methoxy groups -OCH3 is 1. The molecule has 0 aromatic heterocycles. The highest BCUT2D eigenvalue weighted by atomic mass is 32.2. The maximum Gasteiger partial charge on any atom is 0.305 e. The minimum atomic E-state index is -3.63. The van der Waals surface area contributed by atoms with E-state index in [2.05, 4.69) is 14.8 Å². The van der Waals surface area contributed by atoms with E-state index in [0.29, 0.717) is 18.5 Å². The van der Waals surface area contributed by atoms with Crippen molar-refractivity contribution in [3.8, 4) is 0 Å². The summed E-state index contributed by atoms with van der Waals surface area (Å²) in [5.74, 6) is -0.438. The summed E-state index contributed by atoms with van der Waals surface area (Å²) in [6.45, 7) is 4.12. The molecule has 146 valence electrons. The molecule has 26 heavy (non-hydrogen) atoms. The van der Waals surface area contributed by atoms with Gasteiger partial charge in [0, 0.05) is 25.9 Å². The monoisotopic (exact) mass is 384 g/mol. The fourth-order valence-corrected chi connectivity index (χ4v) is 3.72. The highest BCUT2D eigenvalue weighted by Crippen LogP contribution is 2.16. The lowest BCUT2D eigenvalue weighted by Gasteiger charge is -2.10. The second-order valence-corrected chi connectivity index (χ2v) is 7.89. The maximum atomic E-state index is 12.3. The maximum absolute atomic E-state index is 12.3.